The van der Waals surface area contributed by atoms with Crippen molar-refractivity contribution >= 4 is 17.6 Å². The highest BCUT2D eigenvalue weighted by atomic mass is 16.2. The van der Waals surface area contributed by atoms with Crippen molar-refractivity contribution in [2.45, 2.75) is 46.5 Å². The molecule has 27 heavy (non-hydrogen) atoms. The Hall–Kier alpha value is -2.11. The number of piperidine rings is 1. The Morgan fingerprint density at radius 3 is 2.52 bits per heavy atom. The van der Waals surface area contributed by atoms with Crippen LogP contribution >= 0.6 is 0 Å². The van der Waals surface area contributed by atoms with E-state index in [1.165, 1.54) is 0 Å². The van der Waals surface area contributed by atoms with E-state index in [2.05, 4.69) is 31.1 Å². The summed E-state index contributed by atoms with van der Waals surface area (Å²) in [5.41, 5.74) is 0.824. The molecule has 0 unspecified atom stereocenters. The molecule has 0 aromatic carbocycles. The Labute approximate surface area is 162 Å². The topological polar surface area (TPSA) is 65.5 Å². The average Bonchev–Trinajstić information content (AvgIpc) is 3.04. The summed E-state index contributed by atoms with van der Waals surface area (Å²) >= 11 is 0. The highest BCUT2D eigenvalue weighted by molar-refractivity contribution is 5.94. The second-order valence-corrected chi connectivity index (χ2v) is 9.03. The van der Waals surface area contributed by atoms with E-state index in [1.54, 1.807) is 6.20 Å². The van der Waals surface area contributed by atoms with E-state index < -0.39 is 0 Å². The third kappa shape index (κ3) is 5.44. The molecule has 0 radical (unpaired) electrons. The van der Waals surface area contributed by atoms with Crippen LogP contribution in [0.25, 0.3) is 0 Å². The Balaban J connectivity index is 1.48. The lowest BCUT2D eigenvalue weighted by molar-refractivity contribution is -0.128. The van der Waals surface area contributed by atoms with Gasteiger partial charge in [-0.15, -0.1) is 0 Å². The van der Waals surface area contributed by atoms with Gasteiger partial charge in [0.2, 0.25) is 5.91 Å². The van der Waals surface area contributed by atoms with Gasteiger partial charge in [-0.25, -0.2) is 4.98 Å². The summed E-state index contributed by atoms with van der Waals surface area (Å²) in [6.45, 7) is 10.6. The predicted octanol–water partition coefficient (Wildman–Crippen LogP) is 3.01. The Bertz CT molecular complexity index is 658. The third-order valence-electron chi connectivity index (χ3n) is 5.36. The van der Waals surface area contributed by atoms with Gasteiger partial charge < -0.3 is 15.1 Å². The molecule has 0 spiro atoms. The van der Waals surface area contributed by atoms with Gasteiger partial charge in [-0.1, -0.05) is 20.8 Å². The molecule has 3 rings (SSSR count). The summed E-state index contributed by atoms with van der Waals surface area (Å²) in [6, 6.07) is 3.74. The molecule has 1 aromatic heterocycles. The predicted molar refractivity (Wildman–Crippen MR) is 107 cm³/mol. The normalized spacial score (nSPS) is 18.9. The van der Waals surface area contributed by atoms with Gasteiger partial charge in [0.1, 0.15) is 5.82 Å². The van der Waals surface area contributed by atoms with E-state index in [0.29, 0.717) is 23.8 Å². The molecule has 2 amide bonds. The first-order valence-corrected chi connectivity index (χ1v) is 10.1. The minimum absolute atomic E-state index is 0.0561. The molecule has 0 atom stereocenters. The zero-order valence-corrected chi connectivity index (χ0v) is 16.8. The van der Waals surface area contributed by atoms with E-state index >= 15 is 0 Å². The summed E-state index contributed by atoms with van der Waals surface area (Å²) in [6.07, 6.45) is 5.29. The number of aromatic nitrogens is 1. The summed E-state index contributed by atoms with van der Waals surface area (Å²) in [7, 11) is 0. The van der Waals surface area contributed by atoms with Crippen LogP contribution in [0, 0.1) is 11.3 Å². The number of anilines is 1. The number of rotatable bonds is 5. The second kappa shape index (κ2) is 8.28. The SMILES string of the molecule is CC(C)(C)CNc1ccc(C(=O)N2CCC(CN3CCCC3=O)CC2)cn1. The van der Waals surface area contributed by atoms with Crippen LogP contribution in [0.2, 0.25) is 0 Å². The van der Waals surface area contributed by atoms with Crippen molar-refractivity contribution in [3.05, 3.63) is 23.9 Å². The number of amides is 2. The Morgan fingerprint density at radius 2 is 1.96 bits per heavy atom. The van der Waals surface area contributed by atoms with E-state index in [1.807, 2.05) is 21.9 Å². The minimum Gasteiger partial charge on any atom is -0.370 e. The van der Waals surface area contributed by atoms with Gasteiger partial charge >= 0.3 is 0 Å². The van der Waals surface area contributed by atoms with Crippen molar-refractivity contribution < 1.29 is 9.59 Å². The summed E-state index contributed by atoms with van der Waals surface area (Å²) in [4.78, 5) is 32.8. The Kier molecular flexibility index (Phi) is 6.02. The molecule has 0 saturated carbocycles. The van der Waals surface area contributed by atoms with Gasteiger partial charge in [-0.2, -0.15) is 0 Å². The lowest BCUT2D eigenvalue weighted by Gasteiger charge is -2.34. The second-order valence-electron chi connectivity index (χ2n) is 9.03. The van der Waals surface area contributed by atoms with Gasteiger partial charge in [0.05, 0.1) is 5.56 Å². The molecule has 6 nitrogen and oxygen atoms in total. The van der Waals surface area contributed by atoms with Crippen LogP contribution in [0.5, 0.6) is 0 Å². The number of nitrogens with one attached hydrogen (secondary N) is 1. The lowest BCUT2D eigenvalue weighted by Crippen LogP contribution is -2.41. The molecule has 2 aliphatic heterocycles. The summed E-state index contributed by atoms with van der Waals surface area (Å²) in [5.74, 6) is 1.66. The highest BCUT2D eigenvalue weighted by Gasteiger charge is 2.28. The number of pyridine rings is 1. The number of hydrogen-bond donors (Lipinski definition) is 1. The van der Waals surface area contributed by atoms with Crippen molar-refractivity contribution in [3.8, 4) is 0 Å². The quantitative estimate of drug-likeness (QED) is 0.863. The highest BCUT2D eigenvalue weighted by Crippen LogP contribution is 2.22. The molecule has 2 aliphatic rings. The molecule has 2 saturated heterocycles. The van der Waals surface area contributed by atoms with Crippen LogP contribution in [-0.2, 0) is 4.79 Å². The Morgan fingerprint density at radius 1 is 1.22 bits per heavy atom. The van der Waals surface area contributed by atoms with Crippen LogP contribution in [0.15, 0.2) is 18.3 Å². The van der Waals surface area contributed by atoms with Crippen molar-refractivity contribution in [1.29, 1.82) is 0 Å². The van der Waals surface area contributed by atoms with Crippen LogP contribution < -0.4 is 5.32 Å². The van der Waals surface area contributed by atoms with Gasteiger partial charge in [-0.05, 0) is 42.7 Å². The number of carbonyl (C=O) groups excluding carboxylic acids is 2. The van der Waals surface area contributed by atoms with Crippen LogP contribution in [0.3, 0.4) is 0 Å². The van der Waals surface area contributed by atoms with Crippen LogP contribution in [-0.4, -0.2) is 59.3 Å². The molecule has 3 heterocycles. The molecule has 0 aliphatic carbocycles. The first kappa shape index (κ1) is 19.6. The van der Waals surface area contributed by atoms with Crippen molar-refractivity contribution in [3.63, 3.8) is 0 Å². The zero-order valence-electron chi connectivity index (χ0n) is 16.8. The fourth-order valence-corrected chi connectivity index (χ4v) is 3.69. The monoisotopic (exact) mass is 372 g/mol. The van der Waals surface area contributed by atoms with Crippen molar-refractivity contribution in [1.82, 2.24) is 14.8 Å². The van der Waals surface area contributed by atoms with E-state index in [9.17, 15) is 9.59 Å². The fourth-order valence-electron chi connectivity index (χ4n) is 3.69. The summed E-state index contributed by atoms with van der Waals surface area (Å²) in [5, 5.41) is 3.31. The number of nitrogens with zero attached hydrogens (tertiary/aromatic N) is 3. The van der Waals surface area contributed by atoms with Gasteiger partial charge in [0, 0.05) is 45.3 Å². The molecule has 2 fully saturated rings. The fraction of sp³-hybridized carbons (Fsp3) is 0.667. The largest absolute Gasteiger partial charge is 0.370 e. The molecule has 148 valence electrons. The van der Waals surface area contributed by atoms with E-state index in [4.69, 9.17) is 0 Å². The lowest BCUT2D eigenvalue weighted by atomic mass is 9.96. The first-order valence-electron chi connectivity index (χ1n) is 10.1. The molecular formula is C21H32N4O2. The van der Waals surface area contributed by atoms with Gasteiger partial charge in [-0.3, -0.25) is 9.59 Å². The molecular weight excluding hydrogens is 340 g/mol. The van der Waals surface area contributed by atoms with Crippen LogP contribution in [0.1, 0.15) is 56.8 Å². The van der Waals surface area contributed by atoms with Crippen LogP contribution in [0.4, 0.5) is 5.82 Å². The van der Waals surface area contributed by atoms with Gasteiger partial charge in [0.25, 0.3) is 5.91 Å². The molecule has 0 bridgehead atoms. The van der Waals surface area contributed by atoms with Crippen molar-refractivity contribution in [2.75, 3.05) is 38.0 Å². The van der Waals surface area contributed by atoms with Gasteiger partial charge in [0.15, 0.2) is 0 Å². The maximum atomic E-state index is 12.7. The average molecular weight is 373 g/mol. The minimum atomic E-state index is 0.0561. The maximum Gasteiger partial charge on any atom is 0.255 e. The standard InChI is InChI=1S/C21H32N4O2/c1-21(2,3)15-23-18-7-6-17(13-22-18)20(27)24-11-8-16(9-12-24)14-25-10-4-5-19(25)26/h6-7,13,16H,4-5,8-12,14-15H2,1-3H3,(H,22,23). The first-order chi connectivity index (χ1) is 12.8. The zero-order chi connectivity index (χ0) is 19.4. The number of likely N-dealkylation sites (tertiary alicyclic amines) is 2. The molecule has 6 heteroatoms. The molecule has 1 aromatic rings. The molecule has 1 N–H and O–H groups in total. The van der Waals surface area contributed by atoms with Crippen molar-refractivity contribution in [2.24, 2.45) is 11.3 Å². The number of carbonyl (C=O) groups is 2. The third-order valence-corrected chi connectivity index (χ3v) is 5.36. The maximum absolute atomic E-state index is 12.7. The smallest absolute Gasteiger partial charge is 0.255 e. The van der Waals surface area contributed by atoms with E-state index in [-0.39, 0.29) is 11.3 Å². The number of hydrogen-bond acceptors (Lipinski definition) is 4. The van der Waals surface area contributed by atoms with E-state index in [0.717, 1.165) is 57.8 Å². The summed E-state index contributed by atoms with van der Waals surface area (Å²) < 4.78 is 0.